The lowest BCUT2D eigenvalue weighted by molar-refractivity contribution is -0.120. The predicted octanol–water partition coefficient (Wildman–Crippen LogP) is 1.12. The lowest BCUT2D eigenvalue weighted by atomic mass is 9.59. The summed E-state index contributed by atoms with van der Waals surface area (Å²) < 4.78 is 0. The van der Waals surface area contributed by atoms with Crippen molar-refractivity contribution in [2.75, 3.05) is 13.6 Å². The molecule has 1 aliphatic heterocycles. The molecule has 0 spiro atoms. The molecule has 5 unspecified atom stereocenters. The van der Waals surface area contributed by atoms with Crippen molar-refractivity contribution >= 4 is 11.8 Å². The number of likely N-dealkylation sites (tertiary alicyclic amines) is 1. The normalized spacial score (nSPS) is 29.1. The van der Waals surface area contributed by atoms with Crippen LogP contribution in [0.5, 0.6) is 5.75 Å². The Hall–Kier alpha value is -3.17. The number of aromatic nitrogens is 1. The van der Waals surface area contributed by atoms with Crippen molar-refractivity contribution < 1.29 is 19.8 Å². The van der Waals surface area contributed by atoms with E-state index in [1.165, 1.54) is 0 Å². The van der Waals surface area contributed by atoms with E-state index in [-0.39, 0.29) is 35.6 Å². The van der Waals surface area contributed by atoms with Crippen LogP contribution in [-0.2, 0) is 23.1 Å². The zero-order valence-electron chi connectivity index (χ0n) is 21.8. The Balaban J connectivity index is 1.57. The number of nitrogens with zero attached hydrogens (tertiary/aromatic N) is 1. The maximum atomic E-state index is 13.1. The van der Waals surface area contributed by atoms with Gasteiger partial charge in [0, 0.05) is 36.5 Å². The molecule has 198 valence electrons. The van der Waals surface area contributed by atoms with Crippen molar-refractivity contribution in [2.24, 2.45) is 17.6 Å². The molecule has 2 heterocycles. The minimum atomic E-state index is -1.16. The number of nitrogens with two attached hydrogens (primary N) is 1. The van der Waals surface area contributed by atoms with Crippen molar-refractivity contribution in [3.05, 3.63) is 62.6 Å². The number of rotatable bonds is 6. The van der Waals surface area contributed by atoms with Crippen LogP contribution in [0.15, 0.2) is 29.1 Å². The molecule has 1 aromatic carbocycles. The van der Waals surface area contributed by atoms with Crippen molar-refractivity contribution in [3.63, 3.8) is 0 Å². The van der Waals surface area contributed by atoms with Crippen LogP contribution < -0.4 is 16.6 Å². The molecule has 1 saturated carbocycles. The number of hydrogen-bond acceptors (Lipinski definition) is 6. The van der Waals surface area contributed by atoms with Gasteiger partial charge in [0.1, 0.15) is 17.4 Å². The maximum Gasteiger partial charge on any atom is 0.261 e. The number of primary amides is 1. The van der Waals surface area contributed by atoms with Gasteiger partial charge in [-0.25, -0.2) is 0 Å². The standard InChI is InChI=1S/C28H36N4O5/c1-14(2)7-21(24(29)34)30-25(35)19-8-16-11-28(37)23-17(13-32(23)4)10-27(28,12-22(16)31-26(19)36)20-9-18(33)6-5-15(20)3/h5-6,8-9,14,17,21,23,33,37H,7,10-13H2,1-4H3,(H2,29,34)(H,30,35)(H,31,36). The van der Waals surface area contributed by atoms with E-state index < -0.39 is 34.4 Å². The molecule has 9 nitrogen and oxygen atoms in total. The lowest BCUT2D eigenvalue weighted by Crippen LogP contribution is -2.67. The third-order valence-electron chi connectivity index (χ3n) is 8.86. The van der Waals surface area contributed by atoms with E-state index in [1.54, 1.807) is 18.2 Å². The number of fused-ring (bicyclic) bond motifs is 4. The molecule has 2 fully saturated rings. The summed E-state index contributed by atoms with van der Waals surface area (Å²) >= 11 is 0. The fourth-order valence-electron chi connectivity index (χ4n) is 7.35. The molecular formula is C28H36N4O5. The second-order valence-electron chi connectivity index (χ2n) is 11.8. The number of carbonyl (C=O) groups is 2. The summed E-state index contributed by atoms with van der Waals surface area (Å²) in [5, 5.41) is 25.4. The number of phenolic OH excluding ortho intramolecular Hbond substituents is 1. The topological polar surface area (TPSA) is 149 Å². The molecule has 2 amide bonds. The van der Waals surface area contributed by atoms with Gasteiger partial charge in [0.15, 0.2) is 0 Å². The second kappa shape index (κ2) is 8.70. The molecule has 2 aliphatic carbocycles. The monoisotopic (exact) mass is 508 g/mol. The Bertz CT molecular complexity index is 1340. The number of hydrogen-bond donors (Lipinski definition) is 5. The van der Waals surface area contributed by atoms with Crippen LogP contribution in [0.25, 0.3) is 0 Å². The van der Waals surface area contributed by atoms with Gasteiger partial charge < -0.3 is 26.2 Å². The molecule has 3 aliphatic rings. The number of carbonyl (C=O) groups excluding carboxylic acids is 2. The fourth-order valence-corrected chi connectivity index (χ4v) is 7.35. The Kier molecular flexibility index (Phi) is 5.99. The number of aromatic amines is 1. The van der Waals surface area contributed by atoms with Gasteiger partial charge in [0.2, 0.25) is 5.91 Å². The highest BCUT2D eigenvalue weighted by molar-refractivity contribution is 5.97. The predicted molar refractivity (Wildman–Crippen MR) is 138 cm³/mol. The Morgan fingerprint density at radius 1 is 1.27 bits per heavy atom. The first-order chi connectivity index (χ1) is 17.4. The summed E-state index contributed by atoms with van der Waals surface area (Å²) in [6, 6.07) is 5.85. The number of aryl methyl sites for hydroxylation is 1. The lowest BCUT2D eigenvalue weighted by Gasteiger charge is -2.53. The summed E-state index contributed by atoms with van der Waals surface area (Å²) in [5.41, 5.74) is 6.25. The smallest absolute Gasteiger partial charge is 0.261 e. The van der Waals surface area contributed by atoms with E-state index in [9.17, 15) is 24.6 Å². The van der Waals surface area contributed by atoms with E-state index in [2.05, 4.69) is 15.2 Å². The zero-order chi connectivity index (χ0) is 26.9. The molecule has 9 heteroatoms. The molecule has 0 bridgehead atoms. The van der Waals surface area contributed by atoms with Crippen LogP contribution in [-0.4, -0.2) is 63.2 Å². The number of H-pyrrole nitrogens is 1. The minimum absolute atomic E-state index is 0.0723. The van der Waals surface area contributed by atoms with E-state index in [0.717, 1.165) is 24.1 Å². The largest absolute Gasteiger partial charge is 0.508 e. The van der Waals surface area contributed by atoms with Crippen molar-refractivity contribution in [1.82, 2.24) is 15.2 Å². The molecule has 6 N–H and O–H groups in total. The van der Waals surface area contributed by atoms with Crippen LogP contribution in [0.4, 0.5) is 0 Å². The summed E-state index contributed by atoms with van der Waals surface area (Å²) in [6.45, 7) is 6.69. The number of amides is 2. The van der Waals surface area contributed by atoms with Gasteiger partial charge in [-0.05, 0) is 73.5 Å². The summed E-state index contributed by atoms with van der Waals surface area (Å²) in [6.07, 6.45) is 1.75. The average Bonchev–Trinajstić information content (AvgIpc) is 3.00. The Morgan fingerprint density at radius 2 is 2.00 bits per heavy atom. The van der Waals surface area contributed by atoms with Crippen LogP contribution in [0.3, 0.4) is 0 Å². The summed E-state index contributed by atoms with van der Waals surface area (Å²) in [5.74, 6) is -0.763. The molecule has 5 rings (SSSR count). The van der Waals surface area contributed by atoms with Crippen LogP contribution in [0, 0.1) is 18.8 Å². The van der Waals surface area contributed by atoms with Gasteiger partial charge in [-0.2, -0.15) is 0 Å². The third-order valence-corrected chi connectivity index (χ3v) is 8.86. The average molecular weight is 509 g/mol. The Morgan fingerprint density at radius 3 is 2.65 bits per heavy atom. The van der Waals surface area contributed by atoms with Crippen molar-refractivity contribution in [2.45, 2.75) is 69.6 Å². The van der Waals surface area contributed by atoms with E-state index in [4.69, 9.17) is 5.73 Å². The first-order valence-corrected chi connectivity index (χ1v) is 12.9. The van der Waals surface area contributed by atoms with Gasteiger partial charge in [0.25, 0.3) is 11.5 Å². The Labute approximate surface area is 216 Å². The number of aromatic hydroxyl groups is 1. The second-order valence-corrected chi connectivity index (χ2v) is 11.8. The first-order valence-electron chi connectivity index (χ1n) is 12.9. The highest BCUT2D eigenvalue weighted by Gasteiger charge is 2.70. The first kappa shape index (κ1) is 25.5. The van der Waals surface area contributed by atoms with Crippen LogP contribution in [0.1, 0.15) is 59.4 Å². The molecule has 2 aromatic rings. The van der Waals surface area contributed by atoms with Gasteiger partial charge in [-0.15, -0.1) is 0 Å². The number of likely N-dealkylation sites (N-methyl/N-ethyl adjacent to an activating group) is 1. The van der Waals surface area contributed by atoms with Crippen LogP contribution in [0.2, 0.25) is 0 Å². The van der Waals surface area contributed by atoms with Gasteiger partial charge >= 0.3 is 0 Å². The highest BCUT2D eigenvalue weighted by atomic mass is 16.3. The number of phenols is 1. The van der Waals surface area contributed by atoms with E-state index in [1.807, 2.05) is 33.9 Å². The van der Waals surface area contributed by atoms with Gasteiger partial charge in [0.05, 0.1) is 5.60 Å². The van der Waals surface area contributed by atoms with Crippen molar-refractivity contribution in [3.8, 4) is 5.75 Å². The minimum Gasteiger partial charge on any atom is -0.508 e. The highest BCUT2D eigenvalue weighted by Crippen LogP contribution is 2.61. The van der Waals surface area contributed by atoms with Crippen molar-refractivity contribution in [1.29, 1.82) is 0 Å². The van der Waals surface area contributed by atoms with Crippen LogP contribution >= 0.6 is 0 Å². The molecule has 1 aromatic heterocycles. The number of nitrogens with one attached hydrogen (secondary N) is 2. The summed E-state index contributed by atoms with van der Waals surface area (Å²) in [7, 11) is 2.00. The number of aliphatic hydroxyl groups is 1. The molecule has 1 saturated heterocycles. The zero-order valence-corrected chi connectivity index (χ0v) is 21.8. The third kappa shape index (κ3) is 3.87. The van der Waals surface area contributed by atoms with Gasteiger partial charge in [-0.3, -0.25) is 19.3 Å². The summed E-state index contributed by atoms with van der Waals surface area (Å²) in [4.78, 5) is 43.1. The molecular weight excluding hydrogens is 472 g/mol. The SMILES string of the molecule is Cc1ccc(O)cc1C12Cc3[nH]c(=O)c(C(=O)NC(CC(C)C)C(N)=O)cc3CC1(O)C1C(CN1C)C2. The number of pyridine rings is 1. The quantitative estimate of drug-likeness (QED) is 0.395. The van der Waals surface area contributed by atoms with E-state index >= 15 is 0 Å². The molecule has 5 atom stereocenters. The molecule has 0 radical (unpaired) electrons. The maximum absolute atomic E-state index is 13.1. The molecule has 37 heavy (non-hydrogen) atoms. The number of benzene rings is 1. The fraction of sp³-hybridized carbons (Fsp3) is 0.536. The van der Waals surface area contributed by atoms with E-state index in [0.29, 0.717) is 24.1 Å². The van der Waals surface area contributed by atoms with Gasteiger partial charge in [-0.1, -0.05) is 19.9 Å².